The zero-order chi connectivity index (χ0) is 21.0. The van der Waals surface area contributed by atoms with Crippen molar-refractivity contribution in [3.63, 3.8) is 0 Å². The molecule has 1 aromatic heterocycles. The summed E-state index contributed by atoms with van der Waals surface area (Å²) in [4.78, 5) is 13.7. The first kappa shape index (κ1) is 24.1. The smallest absolute Gasteiger partial charge is 0.191 e. The number of aliphatic imine (C=N–C) groups is 1. The molecule has 0 amide bonds. The van der Waals surface area contributed by atoms with Crippen LogP contribution in [0.15, 0.2) is 47.6 Å². The van der Waals surface area contributed by atoms with Gasteiger partial charge in [-0.3, -0.25) is 4.99 Å². The fourth-order valence-electron chi connectivity index (χ4n) is 3.98. The molecule has 6 nitrogen and oxygen atoms in total. The number of nitrogens with one attached hydrogen (secondary N) is 2. The molecule has 31 heavy (non-hydrogen) atoms. The number of hydrogen-bond donors (Lipinski definition) is 2. The first-order chi connectivity index (χ1) is 14.6. The molecule has 1 aliphatic heterocycles. The maximum atomic E-state index is 6.19. The standard InChI is InChI=1S/C23H31ClN6.HI/c1-25-22(28-17-23(7-8-23)19-4-3-5-20(24)15-19)27-16-18-6-9-26-21(14-18)30-12-10-29(2)11-13-30;/h3-6,9,14-15H,7-8,10-13,16-17H2,1-2H3,(H2,25,27,28);1H. The Morgan fingerprint density at radius 3 is 2.58 bits per heavy atom. The van der Waals surface area contributed by atoms with E-state index in [-0.39, 0.29) is 29.4 Å². The molecule has 0 bridgehead atoms. The van der Waals surface area contributed by atoms with E-state index in [1.807, 2.05) is 25.4 Å². The number of piperazine rings is 1. The second-order valence-corrected chi connectivity index (χ2v) is 8.82. The number of benzene rings is 1. The average molecular weight is 555 g/mol. The van der Waals surface area contributed by atoms with E-state index in [0.29, 0.717) is 6.54 Å². The van der Waals surface area contributed by atoms with E-state index in [2.05, 4.69) is 61.7 Å². The second-order valence-electron chi connectivity index (χ2n) is 8.38. The van der Waals surface area contributed by atoms with Gasteiger partial charge in [-0.05, 0) is 55.3 Å². The molecule has 2 heterocycles. The first-order valence-electron chi connectivity index (χ1n) is 10.7. The molecule has 2 fully saturated rings. The Hall–Kier alpha value is -1.58. The Morgan fingerprint density at radius 2 is 1.90 bits per heavy atom. The molecule has 4 rings (SSSR count). The highest BCUT2D eigenvalue weighted by molar-refractivity contribution is 14.0. The predicted molar refractivity (Wildman–Crippen MR) is 140 cm³/mol. The van der Waals surface area contributed by atoms with Gasteiger partial charge in [-0.15, -0.1) is 24.0 Å². The van der Waals surface area contributed by atoms with Gasteiger partial charge in [0.25, 0.3) is 0 Å². The third-order valence-corrected chi connectivity index (χ3v) is 6.44. The topological polar surface area (TPSA) is 55.8 Å². The fourth-order valence-corrected chi connectivity index (χ4v) is 4.17. The van der Waals surface area contributed by atoms with Gasteiger partial charge < -0.3 is 20.4 Å². The minimum Gasteiger partial charge on any atom is -0.356 e. The molecule has 0 radical (unpaired) electrons. The largest absolute Gasteiger partial charge is 0.356 e. The van der Waals surface area contributed by atoms with Crippen LogP contribution in [-0.2, 0) is 12.0 Å². The minimum atomic E-state index is 0. The number of pyridine rings is 1. The van der Waals surface area contributed by atoms with Crippen molar-refractivity contribution in [3.8, 4) is 0 Å². The molecule has 2 N–H and O–H groups in total. The van der Waals surface area contributed by atoms with Crippen molar-refractivity contribution in [1.29, 1.82) is 0 Å². The van der Waals surface area contributed by atoms with Crippen LogP contribution in [-0.4, -0.2) is 62.7 Å². The van der Waals surface area contributed by atoms with E-state index in [4.69, 9.17) is 11.6 Å². The summed E-state index contributed by atoms with van der Waals surface area (Å²) < 4.78 is 0. The summed E-state index contributed by atoms with van der Waals surface area (Å²) >= 11 is 6.19. The number of guanidine groups is 1. The van der Waals surface area contributed by atoms with Crippen LogP contribution in [0.5, 0.6) is 0 Å². The van der Waals surface area contributed by atoms with Gasteiger partial charge in [-0.2, -0.15) is 0 Å². The molecule has 0 spiro atoms. The van der Waals surface area contributed by atoms with Crippen LogP contribution in [0.2, 0.25) is 5.02 Å². The highest BCUT2D eigenvalue weighted by atomic mass is 127. The van der Waals surface area contributed by atoms with E-state index in [9.17, 15) is 0 Å². The van der Waals surface area contributed by atoms with Crippen molar-refractivity contribution < 1.29 is 0 Å². The lowest BCUT2D eigenvalue weighted by atomic mass is 9.96. The summed E-state index contributed by atoms with van der Waals surface area (Å²) in [5.41, 5.74) is 2.69. The fraction of sp³-hybridized carbons (Fsp3) is 0.478. The Morgan fingerprint density at radius 1 is 1.13 bits per heavy atom. The van der Waals surface area contributed by atoms with Crippen molar-refractivity contribution in [1.82, 2.24) is 20.5 Å². The van der Waals surface area contributed by atoms with Crippen molar-refractivity contribution >= 4 is 47.4 Å². The van der Waals surface area contributed by atoms with Crippen LogP contribution in [0.3, 0.4) is 0 Å². The number of aromatic nitrogens is 1. The van der Waals surface area contributed by atoms with E-state index >= 15 is 0 Å². The Balaban J connectivity index is 0.00000272. The quantitative estimate of drug-likeness (QED) is 0.325. The van der Waals surface area contributed by atoms with Crippen molar-refractivity contribution in [3.05, 3.63) is 58.7 Å². The zero-order valence-corrected chi connectivity index (χ0v) is 21.4. The number of nitrogens with zero attached hydrogens (tertiary/aromatic N) is 4. The summed E-state index contributed by atoms with van der Waals surface area (Å²) in [6.07, 6.45) is 4.26. The molecule has 1 saturated carbocycles. The second kappa shape index (κ2) is 10.8. The number of likely N-dealkylation sites (N-methyl/N-ethyl adjacent to an activating group) is 1. The van der Waals surface area contributed by atoms with Crippen LogP contribution in [0.4, 0.5) is 5.82 Å². The Bertz CT molecular complexity index is 893. The Kier molecular flexibility index (Phi) is 8.41. The molecule has 168 valence electrons. The molecule has 1 aromatic carbocycles. The minimum absolute atomic E-state index is 0. The molecule has 8 heteroatoms. The van der Waals surface area contributed by atoms with E-state index in [1.165, 1.54) is 24.0 Å². The molecule has 0 unspecified atom stereocenters. The van der Waals surface area contributed by atoms with Crippen LogP contribution in [0.25, 0.3) is 0 Å². The van der Waals surface area contributed by atoms with Crippen molar-refractivity contribution in [2.45, 2.75) is 24.8 Å². The zero-order valence-electron chi connectivity index (χ0n) is 18.3. The molecule has 2 aromatic rings. The molecule has 2 aliphatic rings. The SMILES string of the molecule is CN=C(NCc1ccnc(N2CCN(C)CC2)c1)NCC1(c2cccc(Cl)c2)CC1.I. The highest BCUT2D eigenvalue weighted by Gasteiger charge is 2.44. The molecule has 1 saturated heterocycles. The van der Waals surface area contributed by atoms with Crippen LogP contribution >= 0.6 is 35.6 Å². The number of anilines is 1. The summed E-state index contributed by atoms with van der Waals surface area (Å²) in [7, 11) is 3.98. The third kappa shape index (κ3) is 6.23. The normalized spacial score (nSPS) is 18.3. The monoisotopic (exact) mass is 554 g/mol. The molecule has 1 aliphatic carbocycles. The first-order valence-corrected chi connectivity index (χ1v) is 11.0. The van der Waals surface area contributed by atoms with Gasteiger partial charge in [0, 0.05) is 63.0 Å². The highest BCUT2D eigenvalue weighted by Crippen LogP contribution is 2.48. The van der Waals surface area contributed by atoms with Crippen molar-refractivity contribution in [2.75, 3.05) is 51.7 Å². The van der Waals surface area contributed by atoms with E-state index in [0.717, 1.165) is 49.5 Å². The average Bonchev–Trinajstić information content (AvgIpc) is 3.56. The van der Waals surface area contributed by atoms with Crippen molar-refractivity contribution in [2.24, 2.45) is 4.99 Å². The van der Waals surface area contributed by atoms with Crippen LogP contribution < -0.4 is 15.5 Å². The number of halogens is 2. The summed E-state index contributed by atoms with van der Waals surface area (Å²) in [6.45, 7) is 5.78. The molecular formula is C23H32ClIN6. The maximum absolute atomic E-state index is 6.19. The number of rotatable bonds is 6. The maximum Gasteiger partial charge on any atom is 0.191 e. The van der Waals surface area contributed by atoms with Gasteiger partial charge in [0.1, 0.15) is 5.82 Å². The summed E-state index contributed by atoms with van der Waals surface area (Å²) in [5, 5.41) is 7.75. The number of hydrogen-bond acceptors (Lipinski definition) is 4. The molecule has 0 atom stereocenters. The van der Waals surface area contributed by atoms with Gasteiger partial charge >= 0.3 is 0 Å². The van der Waals surface area contributed by atoms with Gasteiger partial charge in [0.05, 0.1) is 0 Å². The third-order valence-electron chi connectivity index (χ3n) is 6.21. The van der Waals surface area contributed by atoms with Gasteiger partial charge in [-0.1, -0.05) is 23.7 Å². The predicted octanol–water partition coefficient (Wildman–Crippen LogP) is 3.50. The molecular weight excluding hydrogens is 523 g/mol. The summed E-state index contributed by atoms with van der Waals surface area (Å²) in [6, 6.07) is 12.5. The lowest BCUT2D eigenvalue weighted by Gasteiger charge is -2.33. The lowest BCUT2D eigenvalue weighted by molar-refractivity contribution is 0.312. The van der Waals surface area contributed by atoms with Gasteiger partial charge in [0.15, 0.2) is 5.96 Å². The van der Waals surface area contributed by atoms with Gasteiger partial charge in [-0.25, -0.2) is 4.98 Å². The lowest BCUT2D eigenvalue weighted by Crippen LogP contribution is -2.44. The van der Waals surface area contributed by atoms with E-state index in [1.54, 1.807) is 0 Å². The van der Waals surface area contributed by atoms with Crippen LogP contribution in [0, 0.1) is 0 Å². The Labute approximate surface area is 207 Å². The van der Waals surface area contributed by atoms with Crippen LogP contribution in [0.1, 0.15) is 24.0 Å². The summed E-state index contributed by atoms with van der Waals surface area (Å²) in [5.74, 6) is 1.88. The van der Waals surface area contributed by atoms with E-state index < -0.39 is 0 Å². The van der Waals surface area contributed by atoms with Gasteiger partial charge in [0.2, 0.25) is 0 Å².